The Labute approximate surface area is 168 Å². The third kappa shape index (κ3) is 3.63. The van der Waals surface area contributed by atoms with E-state index < -0.39 is 0 Å². The van der Waals surface area contributed by atoms with Gasteiger partial charge in [0.05, 0.1) is 19.7 Å². The molecule has 29 heavy (non-hydrogen) atoms. The number of hydrogen-bond donors (Lipinski definition) is 1. The molecule has 0 atom stereocenters. The number of benzene rings is 1. The van der Waals surface area contributed by atoms with Crippen molar-refractivity contribution in [2.75, 3.05) is 27.3 Å². The Morgan fingerprint density at radius 2 is 1.93 bits per heavy atom. The van der Waals surface area contributed by atoms with Crippen LogP contribution in [0, 0.1) is 6.92 Å². The summed E-state index contributed by atoms with van der Waals surface area (Å²) >= 11 is 0. The number of ether oxygens (including phenoxy) is 3. The summed E-state index contributed by atoms with van der Waals surface area (Å²) in [6.07, 6.45) is 4.47. The van der Waals surface area contributed by atoms with Gasteiger partial charge in [-0.05, 0) is 37.1 Å². The van der Waals surface area contributed by atoms with Gasteiger partial charge in [0.15, 0.2) is 11.5 Å². The van der Waals surface area contributed by atoms with Crippen molar-refractivity contribution in [1.29, 1.82) is 0 Å². The van der Waals surface area contributed by atoms with Crippen molar-refractivity contribution in [3.8, 4) is 28.5 Å². The highest BCUT2D eigenvalue weighted by Crippen LogP contribution is 2.37. The van der Waals surface area contributed by atoms with Crippen LogP contribution in [0.2, 0.25) is 0 Å². The van der Waals surface area contributed by atoms with Gasteiger partial charge in [-0.1, -0.05) is 18.2 Å². The van der Waals surface area contributed by atoms with E-state index in [1.807, 2.05) is 37.3 Å². The number of methoxy groups -OCH3 is 2. The molecule has 1 aromatic carbocycles. The Morgan fingerprint density at radius 3 is 2.66 bits per heavy atom. The van der Waals surface area contributed by atoms with Crippen molar-refractivity contribution < 1.29 is 19.0 Å². The molecule has 0 spiro atoms. The second-order valence-corrected chi connectivity index (χ2v) is 6.81. The molecule has 0 unspecified atom stereocenters. The van der Waals surface area contributed by atoms with Crippen LogP contribution < -0.4 is 14.2 Å². The summed E-state index contributed by atoms with van der Waals surface area (Å²) in [5, 5.41) is 0. The average Bonchev–Trinajstić information content (AvgIpc) is 3.08. The van der Waals surface area contributed by atoms with Gasteiger partial charge in [-0.3, -0.25) is 0 Å². The van der Waals surface area contributed by atoms with Gasteiger partial charge in [-0.25, -0.2) is 9.78 Å². The number of carbonyl (C=O) groups is 1. The van der Waals surface area contributed by atoms with E-state index in [0.717, 1.165) is 34.3 Å². The third-order valence-corrected chi connectivity index (χ3v) is 4.98. The molecule has 0 radical (unpaired) electrons. The normalized spacial score (nSPS) is 13.6. The first-order valence-corrected chi connectivity index (χ1v) is 9.44. The van der Waals surface area contributed by atoms with Crippen molar-refractivity contribution in [1.82, 2.24) is 14.9 Å². The van der Waals surface area contributed by atoms with Crippen molar-refractivity contribution in [3.05, 3.63) is 48.2 Å². The van der Waals surface area contributed by atoms with Gasteiger partial charge < -0.3 is 24.1 Å². The van der Waals surface area contributed by atoms with E-state index >= 15 is 0 Å². The van der Waals surface area contributed by atoms with Crippen molar-refractivity contribution in [2.45, 2.75) is 13.3 Å². The zero-order chi connectivity index (χ0) is 20.4. The number of rotatable bonds is 4. The molecule has 7 nitrogen and oxygen atoms in total. The van der Waals surface area contributed by atoms with Crippen LogP contribution in [0.15, 0.2) is 42.5 Å². The zero-order valence-corrected chi connectivity index (χ0v) is 16.7. The summed E-state index contributed by atoms with van der Waals surface area (Å²) in [4.78, 5) is 22.0. The smallest absolute Gasteiger partial charge is 0.416 e. The Balaban J connectivity index is 1.70. The minimum Gasteiger partial charge on any atom is -0.493 e. The third-order valence-electron chi connectivity index (χ3n) is 4.98. The largest absolute Gasteiger partial charge is 0.493 e. The summed E-state index contributed by atoms with van der Waals surface area (Å²) in [6, 6.07) is 9.30. The van der Waals surface area contributed by atoms with Crippen LogP contribution in [0.3, 0.4) is 0 Å². The number of nitrogens with one attached hydrogen (secondary N) is 1. The summed E-state index contributed by atoms with van der Waals surface area (Å²) < 4.78 is 16.3. The number of aromatic amines is 1. The molecular weight excluding hydrogens is 370 g/mol. The molecule has 4 rings (SSSR count). The maximum atomic E-state index is 12.4. The molecule has 1 N–H and O–H groups in total. The van der Waals surface area contributed by atoms with Crippen molar-refractivity contribution >= 4 is 17.1 Å². The fourth-order valence-electron chi connectivity index (χ4n) is 3.54. The Hall–Kier alpha value is -3.48. The van der Waals surface area contributed by atoms with Gasteiger partial charge in [-0.15, -0.1) is 0 Å². The minimum absolute atomic E-state index is 0.276. The molecule has 1 aliphatic heterocycles. The molecule has 150 valence electrons. The van der Waals surface area contributed by atoms with Crippen molar-refractivity contribution in [3.63, 3.8) is 0 Å². The first-order valence-electron chi connectivity index (χ1n) is 9.44. The van der Waals surface area contributed by atoms with Crippen LogP contribution >= 0.6 is 0 Å². The summed E-state index contributed by atoms with van der Waals surface area (Å²) in [5.74, 6) is 1.57. The maximum absolute atomic E-state index is 12.4. The molecule has 3 heterocycles. The number of amides is 1. The van der Waals surface area contributed by atoms with Crippen molar-refractivity contribution in [2.24, 2.45) is 0 Å². The highest BCUT2D eigenvalue weighted by atomic mass is 16.6. The van der Waals surface area contributed by atoms with Crippen LogP contribution in [0.5, 0.6) is 17.4 Å². The SMILES string of the molecule is COc1ccc(-c2c(C)[nH]c3ccc(OC(=O)N4CC=CCC4)nc23)cc1OC. The van der Waals surface area contributed by atoms with Crippen LogP contribution in [0.1, 0.15) is 12.1 Å². The van der Waals surface area contributed by atoms with E-state index in [-0.39, 0.29) is 12.0 Å². The fraction of sp³-hybridized carbons (Fsp3) is 0.273. The van der Waals surface area contributed by atoms with Gasteiger partial charge in [0.25, 0.3) is 0 Å². The molecule has 0 saturated heterocycles. The molecule has 0 fully saturated rings. The number of fused-ring (bicyclic) bond motifs is 1. The highest BCUT2D eigenvalue weighted by Gasteiger charge is 2.19. The topological polar surface area (TPSA) is 76.7 Å². The number of H-pyrrole nitrogens is 1. The van der Waals surface area contributed by atoms with Gasteiger partial charge in [-0.2, -0.15) is 0 Å². The predicted octanol–water partition coefficient (Wildman–Crippen LogP) is 4.32. The maximum Gasteiger partial charge on any atom is 0.416 e. The molecule has 1 aliphatic rings. The van der Waals surface area contributed by atoms with E-state index in [2.05, 4.69) is 16.0 Å². The molecule has 3 aromatic rings. The van der Waals surface area contributed by atoms with Gasteiger partial charge in [0.2, 0.25) is 5.88 Å². The van der Waals surface area contributed by atoms with E-state index in [9.17, 15) is 4.79 Å². The van der Waals surface area contributed by atoms with Gasteiger partial charge >= 0.3 is 6.09 Å². The second kappa shape index (κ2) is 7.87. The predicted molar refractivity (Wildman–Crippen MR) is 111 cm³/mol. The van der Waals surface area contributed by atoms with Crippen LogP contribution in [0.4, 0.5) is 4.79 Å². The molecule has 1 amide bonds. The Bertz CT molecular complexity index is 1090. The van der Waals surface area contributed by atoms with E-state index in [4.69, 9.17) is 14.2 Å². The summed E-state index contributed by atoms with van der Waals surface area (Å²) in [6.45, 7) is 3.19. The van der Waals surface area contributed by atoms with Gasteiger partial charge in [0, 0.05) is 30.4 Å². The Morgan fingerprint density at radius 1 is 1.10 bits per heavy atom. The van der Waals surface area contributed by atoms with E-state index in [1.54, 1.807) is 25.2 Å². The number of nitrogens with zero attached hydrogens (tertiary/aromatic N) is 2. The van der Waals surface area contributed by atoms with E-state index in [0.29, 0.717) is 24.6 Å². The number of aromatic nitrogens is 2. The molecule has 2 aromatic heterocycles. The molecule has 0 aliphatic carbocycles. The lowest BCUT2D eigenvalue weighted by Gasteiger charge is -2.22. The Kier molecular flexibility index (Phi) is 5.12. The first-order chi connectivity index (χ1) is 14.1. The second-order valence-electron chi connectivity index (χ2n) is 6.81. The standard InChI is InChI=1S/C22H23N3O4/c1-14-20(15-7-9-17(27-2)18(13-15)28-3)21-16(23-14)8-10-19(24-21)29-22(26)25-11-5-4-6-12-25/h4-5,7-10,13,23H,6,11-12H2,1-3H3. The molecule has 7 heteroatoms. The zero-order valence-electron chi connectivity index (χ0n) is 16.7. The number of pyridine rings is 1. The van der Waals surface area contributed by atoms with Crippen LogP contribution in [-0.2, 0) is 0 Å². The monoisotopic (exact) mass is 393 g/mol. The number of carbonyl (C=O) groups excluding carboxylic acids is 1. The van der Waals surface area contributed by atoms with E-state index in [1.165, 1.54) is 0 Å². The van der Waals surface area contributed by atoms with Gasteiger partial charge in [0.1, 0.15) is 5.52 Å². The van der Waals surface area contributed by atoms with Crippen LogP contribution in [0.25, 0.3) is 22.2 Å². The average molecular weight is 393 g/mol. The lowest BCUT2D eigenvalue weighted by molar-refractivity contribution is 0.155. The quantitative estimate of drug-likeness (QED) is 0.668. The lowest BCUT2D eigenvalue weighted by Crippen LogP contribution is -2.36. The fourth-order valence-corrected chi connectivity index (χ4v) is 3.54. The highest BCUT2D eigenvalue weighted by molar-refractivity contribution is 5.95. The summed E-state index contributed by atoms with van der Waals surface area (Å²) in [7, 11) is 3.21. The molecule has 0 saturated carbocycles. The minimum atomic E-state index is -0.388. The first kappa shape index (κ1) is 18.9. The molecular formula is C22H23N3O4. The van der Waals surface area contributed by atoms with Crippen LogP contribution in [-0.4, -0.2) is 48.3 Å². The number of hydrogen-bond acceptors (Lipinski definition) is 5. The molecule has 0 bridgehead atoms. The lowest BCUT2D eigenvalue weighted by atomic mass is 10.0. The number of aryl methyl sites for hydroxylation is 1. The summed E-state index contributed by atoms with van der Waals surface area (Å²) in [5.41, 5.74) is 4.43.